The lowest BCUT2D eigenvalue weighted by atomic mass is 10.2. The van der Waals surface area contributed by atoms with E-state index >= 15 is 0 Å². The predicted molar refractivity (Wildman–Crippen MR) is 60.7 cm³/mol. The van der Waals surface area contributed by atoms with Crippen LogP contribution in [0, 0.1) is 5.82 Å². The number of rotatable bonds is 4. The van der Waals surface area contributed by atoms with Crippen LogP contribution in [-0.2, 0) is 11.2 Å². The van der Waals surface area contributed by atoms with Crippen molar-refractivity contribution in [3.8, 4) is 11.4 Å². The van der Waals surface area contributed by atoms with Crippen LogP contribution >= 0.6 is 11.6 Å². The van der Waals surface area contributed by atoms with Crippen LogP contribution in [0.3, 0.4) is 0 Å². The molecule has 1 N–H and O–H groups in total. The van der Waals surface area contributed by atoms with Crippen LogP contribution in [0.2, 0.25) is 5.02 Å². The van der Waals surface area contributed by atoms with Crippen molar-refractivity contribution in [2.24, 2.45) is 0 Å². The maximum Gasteiger partial charge on any atom is 0.303 e. The van der Waals surface area contributed by atoms with Crippen LogP contribution < -0.4 is 0 Å². The normalized spacial score (nSPS) is 10.6. The van der Waals surface area contributed by atoms with Gasteiger partial charge in [0.25, 0.3) is 0 Å². The van der Waals surface area contributed by atoms with Crippen molar-refractivity contribution in [2.75, 3.05) is 0 Å². The maximum atomic E-state index is 13.6. The molecule has 0 amide bonds. The van der Waals surface area contributed by atoms with Gasteiger partial charge in [-0.15, -0.1) is 0 Å². The molecular weight excluding hydrogens is 263 g/mol. The summed E-state index contributed by atoms with van der Waals surface area (Å²) in [5.41, 5.74) is 0.0458. The Morgan fingerprint density at radius 2 is 2.28 bits per heavy atom. The second-order valence-corrected chi connectivity index (χ2v) is 3.91. The molecule has 1 aromatic carbocycles. The molecule has 5 nitrogen and oxygen atoms in total. The molecule has 0 unspecified atom stereocenters. The fourth-order valence-corrected chi connectivity index (χ4v) is 1.63. The van der Waals surface area contributed by atoms with E-state index in [0.29, 0.717) is 0 Å². The molecular formula is C11H8ClFN2O3. The summed E-state index contributed by atoms with van der Waals surface area (Å²) in [5, 5.41) is 12.3. The van der Waals surface area contributed by atoms with E-state index in [1.54, 1.807) is 0 Å². The number of hydrogen-bond donors (Lipinski definition) is 1. The van der Waals surface area contributed by atoms with Gasteiger partial charge in [0.1, 0.15) is 5.82 Å². The summed E-state index contributed by atoms with van der Waals surface area (Å²) in [6.07, 6.45) is -0.0406. The van der Waals surface area contributed by atoms with E-state index in [1.165, 1.54) is 18.2 Å². The molecule has 0 saturated carbocycles. The summed E-state index contributed by atoms with van der Waals surface area (Å²) >= 11 is 5.85. The number of aliphatic carboxylic acids is 1. The SMILES string of the molecule is O=C(O)CCc1nc(-c2c(F)cccc2Cl)no1. The van der Waals surface area contributed by atoms with Gasteiger partial charge in [0, 0.05) is 6.42 Å². The van der Waals surface area contributed by atoms with E-state index in [9.17, 15) is 9.18 Å². The van der Waals surface area contributed by atoms with Gasteiger partial charge in [-0.3, -0.25) is 4.79 Å². The predicted octanol–water partition coefficient (Wildman–Crippen LogP) is 2.55. The monoisotopic (exact) mass is 270 g/mol. The largest absolute Gasteiger partial charge is 0.481 e. The highest BCUT2D eigenvalue weighted by atomic mass is 35.5. The van der Waals surface area contributed by atoms with Gasteiger partial charge in [-0.2, -0.15) is 4.98 Å². The fourth-order valence-electron chi connectivity index (χ4n) is 1.38. The number of carboxylic acids is 1. The molecule has 2 rings (SSSR count). The van der Waals surface area contributed by atoms with Gasteiger partial charge in [-0.05, 0) is 12.1 Å². The van der Waals surface area contributed by atoms with Crippen molar-refractivity contribution < 1.29 is 18.8 Å². The minimum absolute atomic E-state index is 0.0125. The second kappa shape index (κ2) is 5.14. The summed E-state index contributed by atoms with van der Waals surface area (Å²) in [7, 11) is 0. The summed E-state index contributed by atoms with van der Waals surface area (Å²) in [6, 6.07) is 4.20. The second-order valence-electron chi connectivity index (χ2n) is 3.50. The van der Waals surface area contributed by atoms with Crippen LogP contribution in [0.5, 0.6) is 0 Å². The summed E-state index contributed by atoms with van der Waals surface area (Å²) < 4.78 is 18.4. The molecule has 0 aliphatic rings. The highest BCUT2D eigenvalue weighted by Gasteiger charge is 2.16. The van der Waals surface area contributed by atoms with Crippen molar-refractivity contribution in [1.82, 2.24) is 10.1 Å². The number of benzene rings is 1. The molecule has 0 atom stereocenters. The van der Waals surface area contributed by atoms with E-state index in [-0.39, 0.29) is 35.1 Å². The molecule has 0 saturated heterocycles. The number of carboxylic acid groups (broad SMARTS) is 1. The van der Waals surface area contributed by atoms with Gasteiger partial charge in [0.2, 0.25) is 11.7 Å². The van der Waals surface area contributed by atoms with Crippen molar-refractivity contribution >= 4 is 17.6 Å². The van der Waals surface area contributed by atoms with E-state index in [2.05, 4.69) is 10.1 Å². The van der Waals surface area contributed by atoms with Crippen LogP contribution in [-0.4, -0.2) is 21.2 Å². The van der Waals surface area contributed by atoms with Gasteiger partial charge in [-0.1, -0.05) is 22.8 Å². The smallest absolute Gasteiger partial charge is 0.303 e. The van der Waals surface area contributed by atoms with Gasteiger partial charge in [-0.25, -0.2) is 4.39 Å². The number of hydrogen-bond acceptors (Lipinski definition) is 4. The summed E-state index contributed by atoms with van der Waals surface area (Å²) in [4.78, 5) is 14.3. The number of carbonyl (C=O) groups is 1. The van der Waals surface area contributed by atoms with Gasteiger partial charge in [0.05, 0.1) is 17.0 Å². The zero-order valence-electron chi connectivity index (χ0n) is 9.06. The molecule has 94 valence electrons. The molecule has 0 bridgehead atoms. The summed E-state index contributed by atoms with van der Waals surface area (Å²) in [6.45, 7) is 0. The van der Waals surface area contributed by atoms with Crippen molar-refractivity contribution in [3.63, 3.8) is 0 Å². The average molecular weight is 271 g/mol. The number of aromatic nitrogens is 2. The Kier molecular flexibility index (Phi) is 3.57. The molecule has 18 heavy (non-hydrogen) atoms. The standard InChI is InChI=1S/C11H8ClFN2O3/c12-6-2-1-3-7(13)10(6)11-14-8(18-15-11)4-5-9(16)17/h1-3H,4-5H2,(H,16,17). The first-order valence-corrected chi connectivity index (χ1v) is 5.44. The minimum Gasteiger partial charge on any atom is -0.481 e. The van der Waals surface area contributed by atoms with Crippen molar-refractivity contribution in [2.45, 2.75) is 12.8 Å². The molecule has 0 aliphatic heterocycles. The molecule has 7 heteroatoms. The van der Waals surface area contributed by atoms with Gasteiger partial charge < -0.3 is 9.63 Å². The van der Waals surface area contributed by atoms with E-state index in [1.807, 2.05) is 0 Å². The Morgan fingerprint density at radius 3 is 2.94 bits per heavy atom. The quantitative estimate of drug-likeness (QED) is 0.924. The lowest BCUT2D eigenvalue weighted by molar-refractivity contribution is -0.137. The first-order chi connectivity index (χ1) is 8.58. The Labute approximate surface area is 106 Å². The Bertz CT molecular complexity index is 565. The molecule has 1 heterocycles. The highest BCUT2D eigenvalue weighted by molar-refractivity contribution is 6.33. The van der Waals surface area contributed by atoms with Crippen LogP contribution in [0.1, 0.15) is 12.3 Å². The van der Waals surface area contributed by atoms with Crippen LogP contribution in [0.15, 0.2) is 22.7 Å². The lowest BCUT2D eigenvalue weighted by Crippen LogP contribution is -1.97. The molecule has 0 aliphatic carbocycles. The third-order valence-corrected chi connectivity index (χ3v) is 2.52. The number of halogens is 2. The van der Waals surface area contributed by atoms with Crippen LogP contribution in [0.25, 0.3) is 11.4 Å². The van der Waals surface area contributed by atoms with E-state index < -0.39 is 11.8 Å². The zero-order chi connectivity index (χ0) is 13.1. The fraction of sp³-hybridized carbons (Fsp3) is 0.182. The minimum atomic E-state index is -0.973. The molecule has 0 spiro atoms. The van der Waals surface area contributed by atoms with E-state index in [4.69, 9.17) is 21.2 Å². The third-order valence-electron chi connectivity index (χ3n) is 2.21. The molecule has 1 aromatic heterocycles. The average Bonchev–Trinajstić information content (AvgIpc) is 2.75. The number of aryl methyl sites for hydroxylation is 1. The Hall–Kier alpha value is -1.95. The van der Waals surface area contributed by atoms with Gasteiger partial charge in [0.15, 0.2) is 0 Å². The first-order valence-electron chi connectivity index (χ1n) is 5.06. The molecule has 2 aromatic rings. The lowest BCUT2D eigenvalue weighted by Gasteiger charge is -1.99. The van der Waals surface area contributed by atoms with E-state index in [0.717, 1.165) is 0 Å². The summed E-state index contributed by atoms with van der Waals surface area (Å²) in [5.74, 6) is -1.39. The van der Waals surface area contributed by atoms with Crippen LogP contribution in [0.4, 0.5) is 4.39 Å². The van der Waals surface area contributed by atoms with Gasteiger partial charge >= 0.3 is 5.97 Å². The Balaban J connectivity index is 2.27. The van der Waals surface area contributed by atoms with Crippen molar-refractivity contribution in [1.29, 1.82) is 0 Å². The zero-order valence-corrected chi connectivity index (χ0v) is 9.82. The molecule has 0 fully saturated rings. The third kappa shape index (κ3) is 2.65. The Morgan fingerprint density at radius 1 is 1.50 bits per heavy atom. The molecule has 0 radical (unpaired) electrons. The number of nitrogens with zero attached hydrogens (tertiary/aromatic N) is 2. The first kappa shape index (κ1) is 12.5. The van der Waals surface area contributed by atoms with Crippen molar-refractivity contribution in [3.05, 3.63) is 34.9 Å². The highest BCUT2D eigenvalue weighted by Crippen LogP contribution is 2.28. The maximum absolute atomic E-state index is 13.6. The topological polar surface area (TPSA) is 76.2 Å².